The molecule has 0 atom stereocenters. The molecule has 3 aromatic rings. The van der Waals surface area contributed by atoms with E-state index in [1.54, 1.807) is 24.3 Å². The maximum absolute atomic E-state index is 12.9. The molecular formula is C25H16FNO5. The van der Waals surface area contributed by atoms with E-state index in [4.69, 9.17) is 4.74 Å². The molecule has 0 bridgehead atoms. The zero-order chi connectivity index (χ0) is 22.7. The van der Waals surface area contributed by atoms with E-state index in [1.165, 1.54) is 48.5 Å². The Morgan fingerprint density at radius 1 is 0.844 bits per heavy atom. The van der Waals surface area contributed by atoms with Crippen LogP contribution in [0, 0.1) is 5.82 Å². The monoisotopic (exact) mass is 429 g/mol. The maximum Gasteiger partial charge on any atom is 0.331 e. The molecule has 4 rings (SSSR count). The van der Waals surface area contributed by atoms with E-state index in [-0.39, 0.29) is 28.5 Å². The first-order valence-electron chi connectivity index (χ1n) is 9.65. The normalized spacial score (nSPS) is 12.3. The van der Waals surface area contributed by atoms with Crippen molar-refractivity contribution >= 4 is 35.2 Å². The minimum Gasteiger partial charge on any atom is -0.452 e. The number of rotatable bonds is 5. The lowest BCUT2D eigenvalue weighted by molar-refractivity contribution is -0.142. The van der Waals surface area contributed by atoms with Gasteiger partial charge in [0.05, 0.1) is 0 Å². The second-order valence-electron chi connectivity index (χ2n) is 7.00. The fourth-order valence-electron chi connectivity index (χ4n) is 3.30. The van der Waals surface area contributed by atoms with Crippen molar-refractivity contribution in [1.82, 2.24) is 0 Å². The Morgan fingerprint density at radius 2 is 1.47 bits per heavy atom. The molecule has 0 spiro atoms. The second kappa shape index (κ2) is 8.77. The molecule has 0 radical (unpaired) electrons. The Bertz CT molecular complexity index is 1280. The standard InChI is InChI=1S/C25H16FNO5/c26-16-8-5-15(6-9-16)7-12-23(29)32-14-22(28)27-17-10-11-20-21(13-17)25(31)19-4-2-1-3-18(19)24(20)30/h1-13H,14H2,(H,27,28)/b12-7+. The van der Waals surface area contributed by atoms with Gasteiger partial charge in [-0.1, -0.05) is 36.4 Å². The van der Waals surface area contributed by atoms with Gasteiger partial charge in [0.1, 0.15) is 5.82 Å². The summed E-state index contributed by atoms with van der Waals surface area (Å²) in [5.74, 6) is -2.30. The van der Waals surface area contributed by atoms with Crippen LogP contribution in [-0.2, 0) is 14.3 Å². The van der Waals surface area contributed by atoms with Crippen molar-refractivity contribution in [2.24, 2.45) is 0 Å². The van der Waals surface area contributed by atoms with Crippen molar-refractivity contribution in [2.75, 3.05) is 11.9 Å². The second-order valence-corrected chi connectivity index (χ2v) is 7.00. The van der Waals surface area contributed by atoms with Crippen molar-refractivity contribution in [1.29, 1.82) is 0 Å². The first-order valence-corrected chi connectivity index (χ1v) is 9.65. The summed E-state index contributed by atoms with van der Waals surface area (Å²) in [4.78, 5) is 49.3. The SMILES string of the molecule is O=C(COC(=O)/C=C/c1ccc(F)cc1)Nc1ccc2c(c1)C(=O)c1ccccc1C2=O. The van der Waals surface area contributed by atoms with Crippen molar-refractivity contribution in [3.63, 3.8) is 0 Å². The lowest BCUT2D eigenvalue weighted by atomic mass is 9.84. The number of benzene rings is 3. The molecule has 7 heteroatoms. The van der Waals surface area contributed by atoms with Gasteiger partial charge in [0, 0.05) is 34.0 Å². The molecular weight excluding hydrogens is 413 g/mol. The van der Waals surface area contributed by atoms with Gasteiger partial charge in [-0.15, -0.1) is 0 Å². The number of halogens is 1. The smallest absolute Gasteiger partial charge is 0.331 e. The van der Waals surface area contributed by atoms with E-state index in [0.717, 1.165) is 6.08 Å². The number of ether oxygens (including phenoxy) is 1. The summed E-state index contributed by atoms with van der Waals surface area (Å²) in [6.07, 6.45) is 2.56. The first kappa shape index (κ1) is 20.9. The summed E-state index contributed by atoms with van der Waals surface area (Å²) in [6, 6.07) is 16.5. The topological polar surface area (TPSA) is 89.5 Å². The number of ketones is 2. The Hall–Kier alpha value is -4.39. The molecule has 0 saturated heterocycles. The van der Waals surface area contributed by atoms with Crippen molar-refractivity contribution in [3.05, 3.63) is 106 Å². The lowest BCUT2D eigenvalue weighted by Gasteiger charge is -2.18. The number of hydrogen-bond acceptors (Lipinski definition) is 5. The van der Waals surface area contributed by atoms with Crippen LogP contribution in [0.25, 0.3) is 6.08 Å². The van der Waals surface area contributed by atoms with Crippen molar-refractivity contribution in [2.45, 2.75) is 0 Å². The quantitative estimate of drug-likeness (QED) is 0.385. The van der Waals surface area contributed by atoms with E-state index < -0.39 is 18.5 Å². The van der Waals surface area contributed by atoms with Gasteiger partial charge in [-0.25, -0.2) is 9.18 Å². The molecule has 0 heterocycles. The zero-order valence-corrected chi connectivity index (χ0v) is 16.6. The van der Waals surface area contributed by atoms with Gasteiger partial charge in [-0.2, -0.15) is 0 Å². The van der Waals surface area contributed by atoms with Gasteiger partial charge in [0.2, 0.25) is 0 Å². The van der Waals surface area contributed by atoms with Gasteiger partial charge in [-0.3, -0.25) is 14.4 Å². The summed E-state index contributed by atoms with van der Waals surface area (Å²) in [7, 11) is 0. The van der Waals surface area contributed by atoms with Crippen LogP contribution in [0.1, 0.15) is 37.4 Å². The molecule has 0 fully saturated rings. The highest BCUT2D eigenvalue weighted by Crippen LogP contribution is 2.29. The zero-order valence-electron chi connectivity index (χ0n) is 16.6. The third kappa shape index (κ3) is 4.37. The van der Waals surface area contributed by atoms with Crippen molar-refractivity contribution in [3.8, 4) is 0 Å². The summed E-state index contributed by atoms with van der Waals surface area (Å²) < 4.78 is 17.8. The summed E-state index contributed by atoms with van der Waals surface area (Å²) in [5.41, 5.74) is 2.03. The number of carbonyl (C=O) groups is 4. The average Bonchev–Trinajstić information content (AvgIpc) is 2.81. The van der Waals surface area contributed by atoms with Crippen LogP contribution < -0.4 is 5.32 Å². The molecule has 6 nitrogen and oxygen atoms in total. The van der Waals surface area contributed by atoms with Crippen LogP contribution in [0.2, 0.25) is 0 Å². The van der Waals surface area contributed by atoms with E-state index in [1.807, 2.05) is 0 Å². The average molecular weight is 429 g/mol. The van der Waals surface area contributed by atoms with Crippen molar-refractivity contribution < 1.29 is 28.3 Å². The molecule has 32 heavy (non-hydrogen) atoms. The Kier molecular flexibility index (Phi) is 5.72. The number of esters is 1. The molecule has 0 saturated carbocycles. The molecule has 1 amide bonds. The molecule has 0 aromatic heterocycles. The third-order valence-corrected chi connectivity index (χ3v) is 4.84. The van der Waals surface area contributed by atoms with E-state index in [2.05, 4.69) is 5.32 Å². The van der Waals surface area contributed by atoms with E-state index in [0.29, 0.717) is 22.4 Å². The number of fused-ring (bicyclic) bond motifs is 2. The maximum atomic E-state index is 12.9. The van der Waals surface area contributed by atoms with Crippen LogP contribution in [0.4, 0.5) is 10.1 Å². The molecule has 0 unspecified atom stereocenters. The van der Waals surface area contributed by atoms with Gasteiger partial charge in [0.15, 0.2) is 18.2 Å². The number of hydrogen-bond donors (Lipinski definition) is 1. The van der Waals surface area contributed by atoms with Gasteiger partial charge < -0.3 is 10.1 Å². The highest BCUT2D eigenvalue weighted by Gasteiger charge is 2.29. The minimum atomic E-state index is -0.743. The van der Waals surface area contributed by atoms with E-state index in [9.17, 15) is 23.6 Å². The predicted octanol–water partition coefficient (Wildman–Crippen LogP) is 3.80. The number of amides is 1. The fraction of sp³-hybridized carbons (Fsp3) is 0.0400. The van der Waals surface area contributed by atoms with Crippen LogP contribution in [0.15, 0.2) is 72.8 Å². The number of carbonyl (C=O) groups excluding carboxylic acids is 4. The highest BCUT2D eigenvalue weighted by molar-refractivity contribution is 6.28. The Morgan fingerprint density at radius 3 is 2.16 bits per heavy atom. The molecule has 1 aliphatic carbocycles. The summed E-state index contributed by atoms with van der Waals surface area (Å²) in [6.45, 7) is -0.542. The third-order valence-electron chi connectivity index (χ3n) is 4.84. The van der Waals surface area contributed by atoms with Crippen LogP contribution in [0.3, 0.4) is 0 Å². The summed E-state index contributed by atoms with van der Waals surface area (Å²) in [5, 5.41) is 2.54. The van der Waals surface area contributed by atoms with Gasteiger partial charge in [0.25, 0.3) is 5.91 Å². The molecule has 0 aliphatic heterocycles. The first-order chi connectivity index (χ1) is 15.4. The lowest BCUT2D eigenvalue weighted by Crippen LogP contribution is -2.23. The number of nitrogens with one attached hydrogen (secondary N) is 1. The Balaban J connectivity index is 1.38. The minimum absolute atomic E-state index is 0.200. The molecule has 1 aliphatic rings. The molecule has 3 aromatic carbocycles. The molecule has 158 valence electrons. The summed E-state index contributed by atoms with van der Waals surface area (Å²) >= 11 is 0. The predicted molar refractivity (Wildman–Crippen MR) is 115 cm³/mol. The van der Waals surface area contributed by atoms with Crippen LogP contribution in [-0.4, -0.2) is 30.0 Å². The van der Waals surface area contributed by atoms with Crippen LogP contribution >= 0.6 is 0 Å². The largest absolute Gasteiger partial charge is 0.452 e. The van der Waals surface area contributed by atoms with Gasteiger partial charge >= 0.3 is 5.97 Å². The van der Waals surface area contributed by atoms with E-state index >= 15 is 0 Å². The van der Waals surface area contributed by atoms with Gasteiger partial charge in [-0.05, 0) is 42.0 Å². The molecule has 1 N–H and O–H groups in total. The Labute approximate surface area is 182 Å². The fourth-order valence-corrected chi connectivity index (χ4v) is 3.30. The highest BCUT2D eigenvalue weighted by atomic mass is 19.1. The number of anilines is 1. The van der Waals surface area contributed by atoms with Crippen LogP contribution in [0.5, 0.6) is 0 Å².